The molecule has 0 spiro atoms. The third-order valence-electron chi connectivity index (χ3n) is 5.20. The smallest absolute Gasteiger partial charge is 0.225 e. The van der Waals surface area contributed by atoms with Crippen LogP contribution in [-0.2, 0) is 22.6 Å². The van der Waals surface area contributed by atoms with Crippen molar-refractivity contribution in [1.82, 2.24) is 19.4 Å². The number of rotatable bonds is 8. The average molecular weight is 385 g/mol. The number of carbonyl (C=O) groups excluding carboxylic acids is 1. The number of aryl methyl sites for hydroxylation is 1. The molecule has 2 heterocycles. The van der Waals surface area contributed by atoms with E-state index in [4.69, 9.17) is 4.74 Å². The van der Waals surface area contributed by atoms with Gasteiger partial charge in [0, 0.05) is 51.0 Å². The predicted molar refractivity (Wildman–Crippen MR) is 110 cm³/mol. The first-order chi connectivity index (χ1) is 13.5. The minimum Gasteiger partial charge on any atom is -0.379 e. The van der Waals surface area contributed by atoms with Gasteiger partial charge in [0.15, 0.2) is 0 Å². The summed E-state index contributed by atoms with van der Waals surface area (Å²) in [5.41, 5.74) is 2.49. The zero-order valence-electron chi connectivity index (χ0n) is 17.3. The Hall–Kier alpha value is -2.18. The first-order valence-electron chi connectivity index (χ1n) is 10.2. The summed E-state index contributed by atoms with van der Waals surface area (Å²) >= 11 is 0. The fourth-order valence-electron chi connectivity index (χ4n) is 3.42. The molecule has 0 aliphatic carbocycles. The summed E-state index contributed by atoms with van der Waals surface area (Å²) in [6.45, 7) is 12.3. The number of imidazole rings is 1. The van der Waals surface area contributed by atoms with Gasteiger partial charge in [0.25, 0.3) is 0 Å². The molecule has 0 N–H and O–H groups in total. The van der Waals surface area contributed by atoms with Crippen LogP contribution in [0.2, 0.25) is 0 Å². The summed E-state index contributed by atoms with van der Waals surface area (Å²) in [6, 6.07) is 8.55. The number of hydrogen-bond donors (Lipinski definition) is 0. The van der Waals surface area contributed by atoms with Crippen LogP contribution in [0.25, 0.3) is 0 Å². The van der Waals surface area contributed by atoms with Crippen molar-refractivity contribution in [3.8, 4) is 0 Å². The van der Waals surface area contributed by atoms with Crippen LogP contribution in [0.4, 0.5) is 0 Å². The Labute approximate surface area is 168 Å². The van der Waals surface area contributed by atoms with Gasteiger partial charge in [-0.1, -0.05) is 43.7 Å². The maximum Gasteiger partial charge on any atom is 0.225 e. The minimum absolute atomic E-state index is 0.0230. The fourth-order valence-corrected chi connectivity index (χ4v) is 3.42. The Morgan fingerprint density at radius 1 is 1.21 bits per heavy atom. The summed E-state index contributed by atoms with van der Waals surface area (Å²) in [5, 5.41) is 0. The van der Waals surface area contributed by atoms with Gasteiger partial charge >= 0.3 is 0 Å². The summed E-state index contributed by atoms with van der Waals surface area (Å²) < 4.78 is 7.56. The Balaban J connectivity index is 1.67. The second kappa shape index (κ2) is 9.85. The molecule has 152 valence electrons. The highest BCUT2D eigenvalue weighted by atomic mass is 16.5. The van der Waals surface area contributed by atoms with Crippen molar-refractivity contribution in [2.75, 3.05) is 39.4 Å². The van der Waals surface area contributed by atoms with Gasteiger partial charge in [0.2, 0.25) is 5.91 Å². The number of carbonyl (C=O) groups is 1. The summed E-state index contributed by atoms with van der Waals surface area (Å²) in [4.78, 5) is 21.7. The van der Waals surface area contributed by atoms with Gasteiger partial charge in [0.05, 0.1) is 19.8 Å². The lowest BCUT2D eigenvalue weighted by atomic mass is 10.1. The van der Waals surface area contributed by atoms with Crippen LogP contribution in [-0.4, -0.2) is 64.7 Å². The standard InChI is InChI=1S/C22H32N4O2/c1-18(2)22(27)26(11-10-24-12-14-28-15-13-24)17-21-23-8-9-25(21)16-20-6-4-19(3)5-7-20/h4-9,18H,10-17H2,1-3H3. The van der Waals surface area contributed by atoms with Crippen molar-refractivity contribution in [1.29, 1.82) is 0 Å². The highest BCUT2D eigenvalue weighted by Gasteiger charge is 2.21. The zero-order valence-corrected chi connectivity index (χ0v) is 17.3. The van der Waals surface area contributed by atoms with Crippen molar-refractivity contribution >= 4 is 5.91 Å². The maximum absolute atomic E-state index is 12.8. The number of nitrogens with zero attached hydrogens (tertiary/aromatic N) is 4. The van der Waals surface area contributed by atoms with E-state index >= 15 is 0 Å². The van der Waals surface area contributed by atoms with Gasteiger partial charge in [0.1, 0.15) is 5.82 Å². The molecule has 6 heteroatoms. The van der Waals surface area contributed by atoms with Crippen LogP contribution in [0.3, 0.4) is 0 Å². The van der Waals surface area contributed by atoms with Crippen molar-refractivity contribution in [2.24, 2.45) is 5.92 Å². The predicted octanol–water partition coefficient (Wildman–Crippen LogP) is 2.56. The summed E-state index contributed by atoms with van der Waals surface area (Å²) in [5.74, 6) is 1.08. The highest BCUT2D eigenvalue weighted by molar-refractivity contribution is 5.78. The summed E-state index contributed by atoms with van der Waals surface area (Å²) in [7, 11) is 0. The second-order valence-corrected chi connectivity index (χ2v) is 7.83. The van der Waals surface area contributed by atoms with Gasteiger partial charge in [-0.15, -0.1) is 0 Å². The third kappa shape index (κ3) is 5.66. The molecule has 1 aliphatic rings. The van der Waals surface area contributed by atoms with E-state index in [0.717, 1.165) is 45.2 Å². The second-order valence-electron chi connectivity index (χ2n) is 7.83. The largest absolute Gasteiger partial charge is 0.379 e. The molecule has 0 bridgehead atoms. The van der Waals surface area contributed by atoms with E-state index in [1.165, 1.54) is 11.1 Å². The summed E-state index contributed by atoms with van der Waals surface area (Å²) in [6.07, 6.45) is 3.82. The lowest BCUT2D eigenvalue weighted by molar-refractivity contribution is -0.135. The van der Waals surface area contributed by atoms with Crippen molar-refractivity contribution in [3.63, 3.8) is 0 Å². The molecule has 6 nitrogen and oxygen atoms in total. The molecule has 1 amide bonds. The zero-order chi connectivity index (χ0) is 19.9. The van der Waals surface area contributed by atoms with Gasteiger partial charge in [-0.2, -0.15) is 0 Å². The monoisotopic (exact) mass is 384 g/mol. The van der Waals surface area contributed by atoms with Gasteiger partial charge in [-0.3, -0.25) is 9.69 Å². The van der Waals surface area contributed by atoms with Gasteiger partial charge < -0.3 is 14.2 Å². The van der Waals surface area contributed by atoms with Crippen LogP contribution >= 0.6 is 0 Å². The van der Waals surface area contributed by atoms with Crippen LogP contribution in [0, 0.1) is 12.8 Å². The number of aromatic nitrogens is 2. The van der Waals surface area contributed by atoms with Crippen molar-refractivity contribution in [3.05, 3.63) is 53.6 Å². The number of hydrogen-bond acceptors (Lipinski definition) is 4. The Morgan fingerprint density at radius 2 is 1.93 bits per heavy atom. The molecule has 0 atom stereocenters. The van der Waals surface area contributed by atoms with E-state index in [0.29, 0.717) is 13.1 Å². The fraction of sp³-hybridized carbons (Fsp3) is 0.545. The first kappa shape index (κ1) is 20.6. The number of benzene rings is 1. The lowest BCUT2D eigenvalue weighted by Crippen LogP contribution is -2.44. The molecule has 0 radical (unpaired) electrons. The van der Waals surface area contributed by atoms with E-state index in [-0.39, 0.29) is 11.8 Å². The average Bonchev–Trinajstić information content (AvgIpc) is 3.13. The first-order valence-corrected chi connectivity index (χ1v) is 10.2. The third-order valence-corrected chi connectivity index (χ3v) is 5.20. The number of ether oxygens (including phenoxy) is 1. The van der Waals surface area contributed by atoms with Crippen molar-refractivity contribution < 1.29 is 9.53 Å². The van der Waals surface area contributed by atoms with Gasteiger partial charge in [-0.05, 0) is 12.5 Å². The highest BCUT2D eigenvalue weighted by Crippen LogP contribution is 2.12. The minimum atomic E-state index is -0.0230. The molecule has 1 fully saturated rings. The van der Waals surface area contributed by atoms with Crippen LogP contribution < -0.4 is 0 Å². The van der Waals surface area contributed by atoms with Crippen LogP contribution in [0.5, 0.6) is 0 Å². The van der Waals surface area contributed by atoms with E-state index in [1.807, 2.05) is 31.1 Å². The van der Waals surface area contributed by atoms with E-state index in [1.54, 1.807) is 0 Å². The molecule has 1 saturated heterocycles. The molecule has 1 aromatic heterocycles. The molecule has 28 heavy (non-hydrogen) atoms. The Morgan fingerprint density at radius 3 is 2.61 bits per heavy atom. The molecule has 0 saturated carbocycles. The molecule has 1 aromatic carbocycles. The maximum atomic E-state index is 12.8. The molecular formula is C22H32N4O2. The topological polar surface area (TPSA) is 50.6 Å². The Bertz CT molecular complexity index is 748. The molecule has 0 unspecified atom stereocenters. The SMILES string of the molecule is Cc1ccc(Cn2ccnc2CN(CCN2CCOCC2)C(=O)C(C)C)cc1. The van der Waals surface area contributed by atoms with E-state index < -0.39 is 0 Å². The molecule has 1 aliphatic heterocycles. The number of amides is 1. The van der Waals surface area contributed by atoms with E-state index in [9.17, 15) is 4.79 Å². The molecule has 3 rings (SSSR count). The molecular weight excluding hydrogens is 352 g/mol. The normalized spacial score (nSPS) is 15.1. The quantitative estimate of drug-likeness (QED) is 0.702. The number of morpholine rings is 1. The molecule has 2 aromatic rings. The van der Waals surface area contributed by atoms with Crippen LogP contribution in [0.15, 0.2) is 36.7 Å². The van der Waals surface area contributed by atoms with Crippen LogP contribution in [0.1, 0.15) is 30.8 Å². The lowest BCUT2D eigenvalue weighted by Gasteiger charge is -2.30. The van der Waals surface area contributed by atoms with Gasteiger partial charge in [-0.25, -0.2) is 4.98 Å². The van der Waals surface area contributed by atoms with E-state index in [2.05, 4.69) is 45.6 Å². The van der Waals surface area contributed by atoms with Crippen molar-refractivity contribution in [2.45, 2.75) is 33.9 Å². The Kier molecular flexibility index (Phi) is 7.23.